The Balaban J connectivity index is 1.64. The van der Waals surface area contributed by atoms with Gasteiger partial charge in [-0.15, -0.1) is 21.5 Å². The normalized spacial score (nSPS) is 18.0. The van der Waals surface area contributed by atoms with E-state index in [1.165, 1.54) is 6.92 Å². The lowest BCUT2D eigenvalue weighted by molar-refractivity contribution is -0.133. The fourth-order valence-electron chi connectivity index (χ4n) is 2.62. The van der Waals surface area contributed by atoms with Crippen LogP contribution in [-0.4, -0.2) is 46.5 Å². The van der Waals surface area contributed by atoms with Crippen LogP contribution in [0.25, 0.3) is 10.8 Å². The lowest BCUT2D eigenvalue weighted by atomic mass is 9.98. The van der Waals surface area contributed by atoms with Crippen molar-refractivity contribution >= 4 is 23.2 Å². The molecule has 7 nitrogen and oxygen atoms in total. The second kappa shape index (κ2) is 6.91. The number of aromatic nitrogens is 2. The maximum atomic E-state index is 12.1. The van der Waals surface area contributed by atoms with Crippen molar-refractivity contribution in [3.63, 3.8) is 0 Å². The molecule has 2 aromatic heterocycles. The summed E-state index contributed by atoms with van der Waals surface area (Å²) >= 11 is 1.55. The van der Waals surface area contributed by atoms with Crippen molar-refractivity contribution in [1.29, 1.82) is 0 Å². The fraction of sp³-hybridized carbons (Fsp3) is 0.467. The minimum atomic E-state index is -0.204. The van der Waals surface area contributed by atoms with Crippen molar-refractivity contribution in [3.05, 3.63) is 23.4 Å². The minimum Gasteiger partial charge on any atom is -0.420 e. The molecule has 1 aliphatic heterocycles. The number of carbonyl (C=O) groups is 2. The van der Waals surface area contributed by atoms with Gasteiger partial charge in [0.2, 0.25) is 17.7 Å². The van der Waals surface area contributed by atoms with Gasteiger partial charge >= 0.3 is 0 Å². The molecule has 0 spiro atoms. The molecule has 0 bridgehead atoms. The Bertz CT molecular complexity index is 683. The molecule has 0 saturated carbocycles. The molecule has 0 aliphatic carbocycles. The van der Waals surface area contributed by atoms with Crippen molar-refractivity contribution in [2.24, 2.45) is 0 Å². The van der Waals surface area contributed by atoms with Crippen molar-refractivity contribution < 1.29 is 14.0 Å². The van der Waals surface area contributed by atoms with Gasteiger partial charge in [0.15, 0.2) is 0 Å². The van der Waals surface area contributed by atoms with Gasteiger partial charge in [-0.05, 0) is 24.3 Å². The lowest BCUT2D eigenvalue weighted by Gasteiger charge is -2.31. The molecule has 1 N–H and O–H groups in total. The average molecular weight is 334 g/mol. The van der Waals surface area contributed by atoms with Crippen LogP contribution in [0.5, 0.6) is 0 Å². The SMILES string of the molecule is CC(=O)NCC(=O)N1CCC[C@@H](c2nnc(-c3cccs3)o2)C1. The predicted octanol–water partition coefficient (Wildman–Crippen LogP) is 1.64. The quantitative estimate of drug-likeness (QED) is 0.918. The number of hydrogen-bond donors (Lipinski definition) is 1. The molecule has 2 amide bonds. The Kier molecular flexibility index (Phi) is 4.71. The number of hydrogen-bond acceptors (Lipinski definition) is 6. The zero-order valence-corrected chi connectivity index (χ0v) is 13.6. The molecule has 1 saturated heterocycles. The van der Waals surface area contributed by atoms with E-state index >= 15 is 0 Å². The van der Waals surface area contributed by atoms with Crippen LogP contribution in [0.1, 0.15) is 31.6 Å². The summed E-state index contributed by atoms with van der Waals surface area (Å²) in [5.41, 5.74) is 0. The molecular weight excluding hydrogens is 316 g/mol. The number of likely N-dealkylation sites (tertiary alicyclic amines) is 1. The Labute approximate surface area is 137 Å². The number of piperidine rings is 1. The van der Waals surface area contributed by atoms with Crippen molar-refractivity contribution in [3.8, 4) is 10.8 Å². The van der Waals surface area contributed by atoms with Crippen molar-refractivity contribution in [2.45, 2.75) is 25.7 Å². The standard InChI is InChI=1S/C15H18N4O3S/c1-10(20)16-8-13(21)19-6-2-4-11(9-19)14-17-18-15(22-14)12-5-3-7-23-12/h3,5,7,11H,2,4,6,8-9H2,1H3,(H,16,20)/t11-/m1/s1. The Morgan fingerprint density at radius 1 is 1.48 bits per heavy atom. The highest BCUT2D eigenvalue weighted by atomic mass is 32.1. The van der Waals surface area contributed by atoms with Gasteiger partial charge in [0.05, 0.1) is 17.3 Å². The van der Waals surface area contributed by atoms with Crippen LogP contribution in [-0.2, 0) is 9.59 Å². The first-order chi connectivity index (χ1) is 11.1. The Morgan fingerprint density at radius 2 is 2.35 bits per heavy atom. The van der Waals surface area contributed by atoms with E-state index in [0.717, 1.165) is 17.7 Å². The molecule has 1 fully saturated rings. The second-order valence-corrected chi connectivity index (χ2v) is 6.46. The topological polar surface area (TPSA) is 88.3 Å². The molecule has 0 unspecified atom stereocenters. The smallest absolute Gasteiger partial charge is 0.257 e. The van der Waals surface area contributed by atoms with Gasteiger partial charge in [0.1, 0.15) is 0 Å². The summed E-state index contributed by atoms with van der Waals surface area (Å²) in [6, 6.07) is 3.87. The van der Waals surface area contributed by atoms with Gasteiger partial charge in [-0.1, -0.05) is 6.07 Å². The highest BCUT2D eigenvalue weighted by Crippen LogP contribution is 2.29. The third-order valence-corrected chi connectivity index (χ3v) is 4.64. The minimum absolute atomic E-state index is 0.0341. The third kappa shape index (κ3) is 3.76. The molecule has 2 aromatic rings. The third-order valence-electron chi connectivity index (χ3n) is 3.78. The number of nitrogens with zero attached hydrogens (tertiary/aromatic N) is 3. The van der Waals surface area contributed by atoms with E-state index in [9.17, 15) is 9.59 Å². The largest absolute Gasteiger partial charge is 0.420 e. The highest BCUT2D eigenvalue weighted by Gasteiger charge is 2.28. The van der Waals surface area contributed by atoms with Crippen LogP contribution in [0.3, 0.4) is 0 Å². The maximum Gasteiger partial charge on any atom is 0.257 e. The van der Waals surface area contributed by atoms with E-state index in [1.807, 2.05) is 17.5 Å². The summed E-state index contributed by atoms with van der Waals surface area (Å²) in [7, 11) is 0. The molecule has 3 rings (SSSR count). The lowest BCUT2D eigenvalue weighted by Crippen LogP contribution is -2.44. The number of rotatable bonds is 4. The van der Waals surface area contributed by atoms with Crippen LogP contribution in [0, 0.1) is 0 Å². The number of thiophene rings is 1. The van der Waals surface area contributed by atoms with Crippen LogP contribution in [0.2, 0.25) is 0 Å². The van der Waals surface area contributed by atoms with Gasteiger partial charge in [0.25, 0.3) is 5.89 Å². The van der Waals surface area contributed by atoms with Crippen LogP contribution >= 0.6 is 11.3 Å². The molecule has 0 radical (unpaired) electrons. The van der Waals surface area contributed by atoms with Crippen LogP contribution in [0.15, 0.2) is 21.9 Å². The molecule has 1 aliphatic rings. The van der Waals surface area contributed by atoms with E-state index in [4.69, 9.17) is 4.42 Å². The summed E-state index contributed by atoms with van der Waals surface area (Å²) in [5.74, 6) is 0.862. The zero-order chi connectivity index (χ0) is 16.2. The fourth-order valence-corrected chi connectivity index (χ4v) is 3.26. The summed E-state index contributed by atoms with van der Waals surface area (Å²) in [6.07, 6.45) is 1.79. The number of amides is 2. The predicted molar refractivity (Wildman–Crippen MR) is 84.8 cm³/mol. The van der Waals surface area contributed by atoms with Crippen molar-refractivity contribution in [1.82, 2.24) is 20.4 Å². The van der Waals surface area contributed by atoms with Gasteiger partial charge in [-0.2, -0.15) is 0 Å². The monoisotopic (exact) mass is 334 g/mol. The average Bonchev–Trinajstić information content (AvgIpc) is 3.23. The summed E-state index contributed by atoms with van der Waals surface area (Å²) in [5, 5.41) is 12.7. The summed E-state index contributed by atoms with van der Waals surface area (Å²) in [6.45, 7) is 2.68. The van der Waals surface area contributed by atoms with E-state index in [1.54, 1.807) is 16.2 Å². The first-order valence-corrected chi connectivity index (χ1v) is 8.41. The van der Waals surface area contributed by atoms with E-state index in [-0.39, 0.29) is 24.3 Å². The molecule has 1 atom stereocenters. The molecule has 23 heavy (non-hydrogen) atoms. The Hall–Kier alpha value is -2.22. The Morgan fingerprint density at radius 3 is 3.09 bits per heavy atom. The van der Waals surface area contributed by atoms with E-state index in [2.05, 4.69) is 15.5 Å². The molecular formula is C15H18N4O3S. The number of nitrogens with one attached hydrogen (secondary N) is 1. The second-order valence-electron chi connectivity index (χ2n) is 5.51. The summed E-state index contributed by atoms with van der Waals surface area (Å²) in [4.78, 5) is 25.7. The zero-order valence-electron chi connectivity index (χ0n) is 12.8. The molecule has 8 heteroatoms. The van der Waals surface area contributed by atoms with Gasteiger partial charge in [-0.25, -0.2) is 0 Å². The van der Waals surface area contributed by atoms with E-state index in [0.29, 0.717) is 24.9 Å². The van der Waals surface area contributed by atoms with Gasteiger partial charge < -0.3 is 14.6 Å². The number of carbonyl (C=O) groups excluding carboxylic acids is 2. The first kappa shape index (κ1) is 15.7. The van der Waals surface area contributed by atoms with Gasteiger partial charge in [0, 0.05) is 20.0 Å². The maximum absolute atomic E-state index is 12.1. The van der Waals surface area contributed by atoms with Crippen molar-refractivity contribution in [2.75, 3.05) is 19.6 Å². The highest BCUT2D eigenvalue weighted by molar-refractivity contribution is 7.13. The molecule has 3 heterocycles. The van der Waals surface area contributed by atoms with E-state index < -0.39 is 0 Å². The van der Waals surface area contributed by atoms with Gasteiger partial charge in [-0.3, -0.25) is 9.59 Å². The van der Waals surface area contributed by atoms with Crippen LogP contribution in [0.4, 0.5) is 0 Å². The first-order valence-electron chi connectivity index (χ1n) is 7.53. The molecule has 122 valence electrons. The molecule has 0 aromatic carbocycles. The summed E-state index contributed by atoms with van der Waals surface area (Å²) < 4.78 is 5.77. The van der Waals surface area contributed by atoms with Crippen LogP contribution < -0.4 is 5.32 Å².